The number of rotatable bonds is 11. The molecule has 4 nitrogen and oxygen atoms in total. The van der Waals surface area contributed by atoms with Gasteiger partial charge in [0.05, 0.1) is 25.9 Å². The maximum absolute atomic E-state index is 6.08. The molecule has 0 unspecified atom stereocenters. The highest BCUT2D eigenvalue weighted by molar-refractivity contribution is 5.15. The van der Waals surface area contributed by atoms with Gasteiger partial charge in [-0.05, 0) is 16.7 Å². The van der Waals surface area contributed by atoms with Gasteiger partial charge in [0.25, 0.3) is 0 Å². The maximum atomic E-state index is 6.08. The minimum atomic E-state index is -0.328. The second-order valence-electron chi connectivity index (χ2n) is 7.48. The molecule has 0 aliphatic carbocycles. The molecule has 4 heteroatoms. The molecule has 4 rings (SSSR count). The van der Waals surface area contributed by atoms with Gasteiger partial charge < -0.3 is 18.9 Å². The van der Waals surface area contributed by atoms with Crippen LogP contribution in [-0.4, -0.2) is 18.7 Å². The summed E-state index contributed by atoms with van der Waals surface area (Å²) in [5.74, 6) is 0. The Morgan fingerprint density at radius 3 is 1.57 bits per heavy atom. The third-order valence-corrected chi connectivity index (χ3v) is 5.09. The molecule has 1 saturated heterocycles. The highest BCUT2D eigenvalue weighted by Gasteiger charge is 2.33. The first kappa shape index (κ1) is 20.8. The van der Waals surface area contributed by atoms with Crippen LogP contribution < -0.4 is 0 Å². The maximum Gasteiger partial charge on any atom is 0.160 e. The van der Waals surface area contributed by atoms with Gasteiger partial charge in [-0.2, -0.15) is 0 Å². The third kappa shape index (κ3) is 6.51. The van der Waals surface area contributed by atoms with Crippen LogP contribution in [0.15, 0.2) is 91.0 Å². The molecule has 156 valence electrons. The highest BCUT2D eigenvalue weighted by atomic mass is 16.7. The lowest BCUT2D eigenvalue weighted by atomic mass is 10.1. The minimum Gasteiger partial charge on any atom is -0.349 e. The van der Waals surface area contributed by atoms with Crippen molar-refractivity contribution in [3.8, 4) is 0 Å². The normalized spacial score (nSPS) is 18.3. The number of hydrogen-bond donors (Lipinski definition) is 0. The van der Waals surface area contributed by atoms with Crippen molar-refractivity contribution in [2.45, 2.75) is 51.3 Å². The fraction of sp³-hybridized carbons (Fsp3) is 0.308. The first-order chi connectivity index (χ1) is 14.8. The quantitative estimate of drug-likeness (QED) is 0.397. The van der Waals surface area contributed by atoms with E-state index in [4.69, 9.17) is 18.9 Å². The molecule has 1 aliphatic heterocycles. The van der Waals surface area contributed by atoms with Gasteiger partial charge in [0.1, 0.15) is 0 Å². The van der Waals surface area contributed by atoms with Crippen molar-refractivity contribution in [3.63, 3.8) is 0 Å². The Kier molecular flexibility index (Phi) is 7.64. The zero-order valence-corrected chi connectivity index (χ0v) is 17.1. The number of ether oxygens (including phenoxy) is 4. The topological polar surface area (TPSA) is 36.9 Å². The van der Waals surface area contributed by atoms with Crippen molar-refractivity contribution in [1.29, 1.82) is 0 Å². The number of benzene rings is 3. The molecule has 0 spiro atoms. The average Bonchev–Trinajstić information content (AvgIpc) is 2.78. The molecule has 3 aromatic carbocycles. The lowest BCUT2D eigenvalue weighted by molar-refractivity contribution is -0.281. The summed E-state index contributed by atoms with van der Waals surface area (Å²) in [6, 6.07) is 30.5. The Morgan fingerprint density at radius 2 is 1.10 bits per heavy atom. The van der Waals surface area contributed by atoms with Crippen molar-refractivity contribution in [1.82, 2.24) is 0 Å². The van der Waals surface area contributed by atoms with Crippen molar-refractivity contribution in [2.24, 2.45) is 0 Å². The zero-order valence-electron chi connectivity index (χ0n) is 17.1. The van der Waals surface area contributed by atoms with Crippen LogP contribution in [0.4, 0.5) is 0 Å². The summed E-state index contributed by atoms with van der Waals surface area (Å²) in [5, 5.41) is 0. The second kappa shape index (κ2) is 11.0. The second-order valence-corrected chi connectivity index (χ2v) is 7.48. The zero-order chi connectivity index (χ0) is 20.4. The van der Waals surface area contributed by atoms with Gasteiger partial charge in [-0.15, -0.1) is 0 Å². The molecule has 30 heavy (non-hydrogen) atoms. The van der Waals surface area contributed by atoms with Gasteiger partial charge >= 0.3 is 0 Å². The smallest absolute Gasteiger partial charge is 0.160 e. The third-order valence-electron chi connectivity index (χ3n) is 5.09. The minimum absolute atomic E-state index is 0.0855. The van der Waals surface area contributed by atoms with Gasteiger partial charge in [0, 0.05) is 12.8 Å². The molecule has 1 heterocycles. The van der Waals surface area contributed by atoms with Crippen LogP contribution in [0, 0.1) is 0 Å². The fourth-order valence-electron chi connectivity index (χ4n) is 3.37. The van der Waals surface area contributed by atoms with Gasteiger partial charge in [-0.1, -0.05) is 91.0 Å². The summed E-state index contributed by atoms with van der Waals surface area (Å²) >= 11 is 0. The van der Waals surface area contributed by atoms with E-state index >= 15 is 0 Å². The lowest BCUT2D eigenvalue weighted by Gasteiger charge is -2.37. The van der Waals surface area contributed by atoms with Crippen LogP contribution >= 0.6 is 0 Å². The first-order valence-corrected chi connectivity index (χ1v) is 10.5. The summed E-state index contributed by atoms with van der Waals surface area (Å²) in [5.41, 5.74) is 3.41. The number of hydrogen-bond acceptors (Lipinski definition) is 4. The van der Waals surface area contributed by atoms with Crippen LogP contribution in [0.5, 0.6) is 0 Å². The molecular formula is C26H28O4. The molecule has 0 radical (unpaired) electrons. The molecule has 3 aromatic rings. The van der Waals surface area contributed by atoms with Crippen LogP contribution in [0.2, 0.25) is 0 Å². The SMILES string of the molecule is c1ccc(COC(C[C@H]2C[C@@H](OCc3ccccc3)O2)OCc2ccccc2)cc1. The summed E-state index contributed by atoms with van der Waals surface area (Å²) in [6.07, 6.45) is 1.14. The van der Waals surface area contributed by atoms with E-state index in [1.54, 1.807) is 0 Å². The van der Waals surface area contributed by atoms with E-state index in [0.717, 1.165) is 23.1 Å². The monoisotopic (exact) mass is 404 g/mol. The molecule has 0 N–H and O–H groups in total. The molecule has 0 amide bonds. The van der Waals surface area contributed by atoms with Gasteiger partial charge in [-0.25, -0.2) is 0 Å². The highest BCUT2D eigenvalue weighted by Crippen LogP contribution is 2.28. The standard InChI is InChI=1S/C26H28O4/c1-4-10-21(11-5-1)18-27-25(28-19-22-12-6-2-7-13-22)16-24-17-26(30-24)29-20-23-14-8-3-9-15-23/h1-15,24-26H,16-20H2/t24-,26-/m0/s1. The van der Waals surface area contributed by atoms with Crippen LogP contribution in [-0.2, 0) is 38.8 Å². The van der Waals surface area contributed by atoms with Gasteiger partial charge in [0.2, 0.25) is 0 Å². The fourth-order valence-corrected chi connectivity index (χ4v) is 3.37. The molecule has 1 fully saturated rings. The van der Waals surface area contributed by atoms with Gasteiger partial charge in [-0.3, -0.25) is 0 Å². The summed E-state index contributed by atoms with van der Waals surface area (Å²) < 4.78 is 23.9. The van der Waals surface area contributed by atoms with Crippen molar-refractivity contribution >= 4 is 0 Å². The van der Waals surface area contributed by atoms with Gasteiger partial charge in [0.15, 0.2) is 12.6 Å². The van der Waals surface area contributed by atoms with E-state index in [1.165, 1.54) is 0 Å². The summed E-state index contributed by atoms with van der Waals surface area (Å²) in [6.45, 7) is 1.60. The molecular weight excluding hydrogens is 376 g/mol. The molecule has 0 bridgehead atoms. The Labute approximate surface area is 178 Å². The first-order valence-electron chi connectivity index (χ1n) is 10.5. The Balaban J connectivity index is 1.24. The van der Waals surface area contributed by atoms with Crippen molar-refractivity contribution in [3.05, 3.63) is 108 Å². The van der Waals surface area contributed by atoms with E-state index in [-0.39, 0.29) is 18.7 Å². The Hall–Kier alpha value is -2.50. The van der Waals surface area contributed by atoms with Crippen molar-refractivity contribution in [2.75, 3.05) is 0 Å². The van der Waals surface area contributed by atoms with E-state index in [9.17, 15) is 0 Å². The van der Waals surface area contributed by atoms with E-state index in [2.05, 4.69) is 36.4 Å². The van der Waals surface area contributed by atoms with Crippen LogP contribution in [0.1, 0.15) is 29.5 Å². The lowest BCUT2D eigenvalue weighted by Crippen LogP contribution is -2.42. The largest absolute Gasteiger partial charge is 0.349 e. The predicted octanol–water partition coefficient (Wildman–Crippen LogP) is 5.47. The average molecular weight is 405 g/mol. The Morgan fingerprint density at radius 1 is 0.667 bits per heavy atom. The predicted molar refractivity (Wildman–Crippen MR) is 115 cm³/mol. The summed E-state index contributed by atoms with van der Waals surface area (Å²) in [4.78, 5) is 0. The van der Waals surface area contributed by atoms with Crippen LogP contribution in [0.3, 0.4) is 0 Å². The summed E-state index contributed by atoms with van der Waals surface area (Å²) in [7, 11) is 0. The molecule has 2 atom stereocenters. The molecule has 0 aromatic heterocycles. The Bertz CT molecular complexity index is 804. The van der Waals surface area contributed by atoms with E-state index < -0.39 is 0 Å². The van der Waals surface area contributed by atoms with Crippen molar-refractivity contribution < 1.29 is 18.9 Å². The van der Waals surface area contributed by atoms with E-state index in [1.807, 2.05) is 54.6 Å². The molecule has 0 saturated carbocycles. The molecule has 1 aliphatic rings. The van der Waals surface area contributed by atoms with E-state index in [0.29, 0.717) is 26.2 Å². The van der Waals surface area contributed by atoms with Crippen LogP contribution in [0.25, 0.3) is 0 Å².